The number of nitrogens with zero attached hydrogens (tertiary/aromatic N) is 2. The first kappa shape index (κ1) is 24.5. The first-order valence-corrected chi connectivity index (χ1v) is 11.9. The van der Waals surface area contributed by atoms with Crippen LogP contribution in [0.15, 0.2) is 47.5 Å². The second-order valence-electron chi connectivity index (χ2n) is 9.11. The molecule has 0 saturated heterocycles. The maximum atomic E-state index is 12.7. The Hall–Kier alpha value is -3.65. The number of Topliss-reactive ketones (excluding diaryl/α,β-unsaturated/α-hetero) is 1. The molecule has 0 fully saturated rings. The number of benzene rings is 2. The van der Waals surface area contributed by atoms with Crippen LogP contribution in [0.3, 0.4) is 0 Å². The zero-order chi connectivity index (χ0) is 24.9. The van der Waals surface area contributed by atoms with E-state index >= 15 is 0 Å². The molecule has 2 aromatic carbocycles. The lowest BCUT2D eigenvalue weighted by Crippen LogP contribution is -2.38. The molecule has 0 unspecified atom stereocenters. The summed E-state index contributed by atoms with van der Waals surface area (Å²) in [6, 6.07) is 13.4. The number of guanidine groups is 1. The first-order chi connectivity index (χ1) is 16.8. The molecule has 1 aliphatic carbocycles. The fourth-order valence-corrected chi connectivity index (χ4v) is 4.49. The average Bonchev–Trinajstić information content (AvgIpc) is 3.39. The normalized spacial score (nSPS) is 17.7. The van der Waals surface area contributed by atoms with Gasteiger partial charge in [-0.05, 0) is 42.5 Å². The summed E-state index contributed by atoms with van der Waals surface area (Å²) in [6.07, 6.45) is 2.21. The van der Waals surface area contributed by atoms with Gasteiger partial charge in [0.25, 0.3) is 0 Å². The third-order valence-corrected chi connectivity index (χ3v) is 6.42. The van der Waals surface area contributed by atoms with E-state index in [9.17, 15) is 14.7 Å². The highest BCUT2D eigenvalue weighted by atomic mass is 16.5. The molecule has 0 saturated carbocycles. The fourth-order valence-electron chi connectivity index (χ4n) is 4.49. The van der Waals surface area contributed by atoms with Gasteiger partial charge >= 0.3 is 5.97 Å². The van der Waals surface area contributed by atoms with Gasteiger partial charge in [-0.1, -0.05) is 42.5 Å². The van der Waals surface area contributed by atoms with Crippen molar-refractivity contribution in [1.29, 1.82) is 0 Å². The summed E-state index contributed by atoms with van der Waals surface area (Å²) in [5.41, 5.74) is 11.5. The Morgan fingerprint density at radius 2 is 2.00 bits per heavy atom. The number of nitrogens with two attached hydrogens (primary N) is 1. The van der Waals surface area contributed by atoms with Crippen LogP contribution < -0.4 is 11.1 Å². The molecule has 2 aromatic rings. The highest BCUT2D eigenvalue weighted by Crippen LogP contribution is 2.40. The number of hydrogen-bond acceptors (Lipinski definition) is 5. The molecular weight excluding hydrogens is 444 g/mol. The summed E-state index contributed by atoms with van der Waals surface area (Å²) in [5, 5.41) is 12.7. The number of carbonyl (C=O) groups excluding carboxylic acids is 1. The van der Waals surface area contributed by atoms with Crippen molar-refractivity contribution < 1.29 is 19.4 Å². The van der Waals surface area contributed by atoms with Crippen LogP contribution in [0.1, 0.15) is 40.7 Å². The van der Waals surface area contributed by atoms with Gasteiger partial charge in [0.1, 0.15) is 18.4 Å². The average molecular weight is 477 g/mol. The van der Waals surface area contributed by atoms with E-state index in [0.29, 0.717) is 62.7 Å². The summed E-state index contributed by atoms with van der Waals surface area (Å²) in [5.74, 6) is 0.334. The van der Waals surface area contributed by atoms with Crippen LogP contribution in [0.2, 0.25) is 0 Å². The minimum absolute atomic E-state index is 0.0946. The molecule has 4 rings (SSSR count). The maximum Gasteiger partial charge on any atom is 0.320 e. The highest BCUT2D eigenvalue weighted by Gasteiger charge is 2.32. The minimum Gasteiger partial charge on any atom is -0.487 e. The molecule has 1 heterocycles. The summed E-state index contributed by atoms with van der Waals surface area (Å²) in [6.45, 7) is 1.46. The van der Waals surface area contributed by atoms with Gasteiger partial charge in [-0.2, -0.15) is 0 Å². The molecule has 2 aliphatic rings. The largest absolute Gasteiger partial charge is 0.487 e. The van der Waals surface area contributed by atoms with Crippen LogP contribution in [0.5, 0.6) is 0 Å². The number of aliphatic carboxylic acids is 1. The summed E-state index contributed by atoms with van der Waals surface area (Å²) >= 11 is 0. The van der Waals surface area contributed by atoms with Gasteiger partial charge in [-0.15, -0.1) is 0 Å². The number of aliphatic imine (C=N–C) groups is 1. The molecule has 1 aliphatic heterocycles. The van der Waals surface area contributed by atoms with Gasteiger partial charge in [0, 0.05) is 38.2 Å². The standard InChI is InChI=1S/C27H32N4O4/c1-31(2)27(28)30-12-5-8-22(26(33)34)29-13-11-17-9-10-21-19(14-17)16-35-25(21)24-20-7-4-3-6-18(20)15-23(24)32/h3-4,6-7,9-10,14,22,29H,5,8,11-13,15-16H2,1-2H3,(H2,28,30)(H,33,34)/b25-24+/t22-/m0/s1. The SMILES string of the molecule is CN(C)C(N)=NCCC[C@H](NCCc1ccc2c(c1)CO/C2=C1/C(=O)Cc2ccccc21)C(=O)O. The zero-order valence-electron chi connectivity index (χ0n) is 20.2. The van der Waals surface area contributed by atoms with E-state index in [2.05, 4.69) is 16.4 Å². The van der Waals surface area contributed by atoms with Crippen LogP contribution in [-0.2, 0) is 33.8 Å². The van der Waals surface area contributed by atoms with E-state index in [1.54, 1.807) is 4.90 Å². The Morgan fingerprint density at radius 3 is 2.77 bits per heavy atom. The Bertz CT molecular complexity index is 1190. The van der Waals surface area contributed by atoms with E-state index in [-0.39, 0.29) is 5.78 Å². The van der Waals surface area contributed by atoms with Crippen molar-refractivity contribution in [2.24, 2.45) is 10.7 Å². The summed E-state index contributed by atoms with van der Waals surface area (Å²) in [7, 11) is 3.63. The molecule has 0 spiro atoms. The second-order valence-corrected chi connectivity index (χ2v) is 9.11. The van der Waals surface area contributed by atoms with Crippen LogP contribution in [0, 0.1) is 0 Å². The second kappa shape index (κ2) is 10.7. The van der Waals surface area contributed by atoms with Crippen LogP contribution in [-0.4, -0.2) is 60.9 Å². The van der Waals surface area contributed by atoms with Gasteiger partial charge in [0.05, 0.1) is 5.57 Å². The third-order valence-electron chi connectivity index (χ3n) is 6.42. The summed E-state index contributed by atoms with van der Waals surface area (Å²) in [4.78, 5) is 30.3. The van der Waals surface area contributed by atoms with Crippen molar-refractivity contribution in [3.8, 4) is 0 Å². The molecule has 35 heavy (non-hydrogen) atoms. The van der Waals surface area contributed by atoms with E-state index in [4.69, 9.17) is 10.5 Å². The van der Waals surface area contributed by atoms with E-state index in [1.165, 1.54) is 0 Å². The molecule has 4 N–H and O–H groups in total. The number of rotatable bonds is 9. The van der Waals surface area contributed by atoms with E-state index < -0.39 is 12.0 Å². The lowest BCUT2D eigenvalue weighted by molar-refractivity contribution is -0.139. The van der Waals surface area contributed by atoms with Gasteiger partial charge in [-0.3, -0.25) is 14.6 Å². The van der Waals surface area contributed by atoms with Gasteiger partial charge in [-0.25, -0.2) is 0 Å². The number of carboxylic acids is 1. The molecule has 0 radical (unpaired) electrons. The number of allylic oxidation sites excluding steroid dienone is 1. The quantitative estimate of drug-likeness (QED) is 0.220. The number of ketones is 1. The number of carboxylic acid groups (broad SMARTS) is 1. The van der Waals surface area contributed by atoms with Crippen molar-refractivity contribution in [3.63, 3.8) is 0 Å². The monoisotopic (exact) mass is 476 g/mol. The minimum atomic E-state index is -0.866. The summed E-state index contributed by atoms with van der Waals surface area (Å²) < 4.78 is 5.99. The topological polar surface area (TPSA) is 117 Å². The Kier molecular flexibility index (Phi) is 7.51. The number of ether oxygens (including phenoxy) is 1. The van der Waals surface area contributed by atoms with Crippen molar-refractivity contribution >= 4 is 29.0 Å². The lowest BCUT2D eigenvalue weighted by Gasteiger charge is -2.15. The zero-order valence-corrected chi connectivity index (χ0v) is 20.2. The van der Waals surface area contributed by atoms with E-state index in [1.807, 2.05) is 50.5 Å². The van der Waals surface area contributed by atoms with Crippen LogP contribution in [0.4, 0.5) is 0 Å². The number of fused-ring (bicyclic) bond motifs is 2. The lowest BCUT2D eigenvalue weighted by atomic mass is 9.98. The maximum absolute atomic E-state index is 12.7. The third kappa shape index (κ3) is 5.54. The Labute approximate surface area is 205 Å². The molecule has 1 atom stereocenters. The van der Waals surface area contributed by atoms with Gasteiger partial charge < -0.3 is 25.8 Å². The van der Waals surface area contributed by atoms with Crippen LogP contribution >= 0.6 is 0 Å². The fraction of sp³-hybridized carbons (Fsp3) is 0.370. The predicted octanol–water partition coefficient (Wildman–Crippen LogP) is 2.45. The predicted molar refractivity (Wildman–Crippen MR) is 136 cm³/mol. The molecule has 8 heteroatoms. The Balaban J connectivity index is 1.36. The number of hydrogen-bond donors (Lipinski definition) is 3. The van der Waals surface area contributed by atoms with Gasteiger partial charge in [0.15, 0.2) is 11.7 Å². The molecule has 8 nitrogen and oxygen atoms in total. The number of carbonyl (C=O) groups is 2. The van der Waals surface area contributed by atoms with Crippen molar-refractivity contribution in [1.82, 2.24) is 10.2 Å². The molecule has 0 amide bonds. The Morgan fingerprint density at radius 1 is 1.20 bits per heavy atom. The molecule has 0 aromatic heterocycles. The van der Waals surface area contributed by atoms with Crippen molar-refractivity contribution in [2.45, 2.75) is 38.3 Å². The van der Waals surface area contributed by atoms with Crippen LogP contribution in [0.25, 0.3) is 11.3 Å². The smallest absolute Gasteiger partial charge is 0.320 e. The molecular formula is C27H32N4O4. The first-order valence-electron chi connectivity index (χ1n) is 11.9. The van der Waals surface area contributed by atoms with Gasteiger partial charge in [0.2, 0.25) is 0 Å². The highest BCUT2D eigenvalue weighted by molar-refractivity contribution is 6.31. The van der Waals surface area contributed by atoms with Crippen molar-refractivity contribution in [2.75, 3.05) is 27.2 Å². The van der Waals surface area contributed by atoms with Crippen molar-refractivity contribution in [3.05, 3.63) is 70.3 Å². The molecule has 0 bridgehead atoms. The number of nitrogens with one attached hydrogen (secondary N) is 1. The molecule has 184 valence electrons. The van der Waals surface area contributed by atoms with E-state index in [0.717, 1.165) is 27.8 Å².